The summed E-state index contributed by atoms with van der Waals surface area (Å²) in [6.07, 6.45) is 0. The Morgan fingerprint density at radius 1 is 0.714 bits per heavy atom. The van der Waals surface area contributed by atoms with Crippen LogP contribution in [0.4, 0.5) is 5.69 Å². The quantitative estimate of drug-likeness (QED) is 0.554. The molecule has 1 heterocycles. The molecule has 102 valence electrons. The minimum Gasteiger partial charge on any atom is -0.380 e. The lowest BCUT2D eigenvalue weighted by atomic mass is 9.89. The number of nitrogens with one attached hydrogen (secondary N) is 1. The Kier molecular flexibility index (Phi) is 3.04. The topological polar surface area (TPSA) is 12.0 Å². The summed E-state index contributed by atoms with van der Waals surface area (Å²) >= 11 is 3.59. The van der Waals surface area contributed by atoms with Gasteiger partial charge in [0.2, 0.25) is 0 Å². The standard InChI is InChI=1S/C19H14BrN/c20-14-9-10-19-18(11-14)17-8-4-3-7-16(17)15-6-2-1-5-13(15)12-21-19/h1-11,21H,12H2. The van der Waals surface area contributed by atoms with E-state index >= 15 is 0 Å². The lowest BCUT2D eigenvalue weighted by Crippen LogP contribution is -2.06. The first kappa shape index (κ1) is 12.7. The first-order valence-corrected chi connectivity index (χ1v) is 7.83. The van der Waals surface area contributed by atoms with Gasteiger partial charge >= 0.3 is 0 Å². The van der Waals surface area contributed by atoms with Crippen molar-refractivity contribution < 1.29 is 0 Å². The van der Waals surface area contributed by atoms with Crippen molar-refractivity contribution in [1.82, 2.24) is 0 Å². The van der Waals surface area contributed by atoms with E-state index in [1.807, 2.05) is 0 Å². The molecule has 3 aromatic rings. The average molecular weight is 336 g/mol. The Bertz CT molecular complexity index is 823. The van der Waals surface area contributed by atoms with Crippen molar-refractivity contribution in [2.24, 2.45) is 0 Å². The zero-order valence-electron chi connectivity index (χ0n) is 11.4. The normalized spacial score (nSPS) is 12.2. The molecule has 1 N–H and O–H groups in total. The number of rotatable bonds is 0. The largest absolute Gasteiger partial charge is 0.380 e. The summed E-state index contributed by atoms with van der Waals surface area (Å²) in [5.74, 6) is 0. The van der Waals surface area contributed by atoms with Crippen LogP contribution in [0.5, 0.6) is 0 Å². The number of hydrogen-bond donors (Lipinski definition) is 1. The minimum absolute atomic E-state index is 0.846. The van der Waals surface area contributed by atoms with Gasteiger partial charge in [0, 0.05) is 22.3 Å². The van der Waals surface area contributed by atoms with E-state index in [1.54, 1.807) is 0 Å². The van der Waals surface area contributed by atoms with E-state index in [2.05, 4.69) is 88.0 Å². The summed E-state index contributed by atoms with van der Waals surface area (Å²) in [5.41, 5.74) is 7.64. The summed E-state index contributed by atoms with van der Waals surface area (Å²) in [7, 11) is 0. The second kappa shape index (κ2) is 5.05. The zero-order valence-corrected chi connectivity index (χ0v) is 13.0. The molecule has 0 amide bonds. The molecular formula is C19H14BrN. The molecule has 0 saturated carbocycles. The maximum Gasteiger partial charge on any atom is 0.0423 e. The van der Waals surface area contributed by atoms with Gasteiger partial charge < -0.3 is 5.32 Å². The lowest BCUT2D eigenvalue weighted by molar-refractivity contribution is 1.15. The lowest BCUT2D eigenvalue weighted by Gasteiger charge is -2.21. The molecule has 4 rings (SSSR count). The Hall–Kier alpha value is -2.06. The average Bonchev–Trinajstić information content (AvgIpc) is 2.52. The first-order chi connectivity index (χ1) is 10.3. The second-order valence-electron chi connectivity index (χ2n) is 5.25. The minimum atomic E-state index is 0.846. The van der Waals surface area contributed by atoms with E-state index in [1.165, 1.54) is 33.5 Å². The molecule has 1 aliphatic heterocycles. The molecule has 21 heavy (non-hydrogen) atoms. The van der Waals surface area contributed by atoms with Crippen molar-refractivity contribution in [3.63, 3.8) is 0 Å². The molecule has 3 aromatic carbocycles. The van der Waals surface area contributed by atoms with Crippen LogP contribution in [0.1, 0.15) is 5.56 Å². The van der Waals surface area contributed by atoms with E-state index in [9.17, 15) is 0 Å². The van der Waals surface area contributed by atoms with Gasteiger partial charge in [-0.25, -0.2) is 0 Å². The van der Waals surface area contributed by atoms with Gasteiger partial charge in [-0.3, -0.25) is 0 Å². The highest BCUT2D eigenvalue weighted by Crippen LogP contribution is 2.40. The van der Waals surface area contributed by atoms with Crippen LogP contribution in [0.15, 0.2) is 71.2 Å². The monoisotopic (exact) mass is 335 g/mol. The van der Waals surface area contributed by atoms with E-state index in [0.29, 0.717) is 0 Å². The Labute approximate surface area is 132 Å². The predicted octanol–water partition coefficient (Wildman–Crippen LogP) is 5.71. The molecule has 0 aliphatic carbocycles. The SMILES string of the molecule is Brc1ccc2c(c1)-c1ccccc1-c1ccccc1CN2. The van der Waals surface area contributed by atoms with Gasteiger partial charge in [0.25, 0.3) is 0 Å². The Morgan fingerprint density at radius 3 is 2.19 bits per heavy atom. The number of fused-ring (bicyclic) bond motifs is 5. The molecule has 0 saturated heterocycles. The van der Waals surface area contributed by atoms with Crippen molar-refractivity contribution in [2.75, 3.05) is 5.32 Å². The fraction of sp³-hybridized carbons (Fsp3) is 0.0526. The van der Waals surface area contributed by atoms with Crippen molar-refractivity contribution in [1.29, 1.82) is 0 Å². The summed E-state index contributed by atoms with van der Waals surface area (Å²) < 4.78 is 1.10. The van der Waals surface area contributed by atoms with Gasteiger partial charge in [0.1, 0.15) is 0 Å². The molecule has 0 radical (unpaired) electrons. The molecule has 1 aliphatic rings. The number of hydrogen-bond acceptors (Lipinski definition) is 1. The van der Waals surface area contributed by atoms with Crippen LogP contribution in [0, 0.1) is 0 Å². The second-order valence-corrected chi connectivity index (χ2v) is 6.16. The van der Waals surface area contributed by atoms with Crippen molar-refractivity contribution in [2.45, 2.75) is 6.54 Å². The molecule has 2 heteroatoms. The third kappa shape index (κ3) is 2.16. The number of halogens is 1. The van der Waals surface area contributed by atoms with E-state index in [-0.39, 0.29) is 0 Å². The van der Waals surface area contributed by atoms with E-state index < -0.39 is 0 Å². The van der Waals surface area contributed by atoms with Crippen molar-refractivity contribution in [3.05, 3.63) is 76.8 Å². The van der Waals surface area contributed by atoms with Crippen LogP contribution in [0.2, 0.25) is 0 Å². The molecule has 0 unspecified atom stereocenters. The van der Waals surface area contributed by atoms with Crippen LogP contribution >= 0.6 is 15.9 Å². The maximum atomic E-state index is 3.59. The van der Waals surface area contributed by atoms with Crippen LogP contribution in [-0.4, -0.2) is 0 Å². The third-order valence-corrected chi connectivity index (χ3v) is 4.47. The summed E-state index contributed by atoms with van der Waals surface area (Å²) in [5, 5.41) is 3.57. The highest BCUT2D eigenvalue weighted by molar-refractivity contribution is 9.10. The maximum absolute atomic E-state index is 3.59. The summed E-state index contributed by atoms with van der Waals surface area (Å²) in [4.78, 5) is 0. The third-order valence-electron chi connectivity index (χ3n) is 3.98. The van der Waals surface area contributed by atoms with E-state index in [0.717, 1.165) is 11.0 Å². The van der Waals surface area contributed by atoms with Crippen molar-refractivity contribution in [3.8, 4) is 22.3 Å². The smallest absolute Gasteiger partial charge is 0.0423 e. The first-order valence-electron chi connectivity index (χ1n) is 7.04. The molecule has 0 bridgehead atoms. The van der Waals surface area contributed by atoms with Crippen LogP contribution in [0.3, 0.4) is 0 Å². The van der Waals surface area contributed by atoms with Gasteiger partial charge in [0.05, 0.1) is 0 Å². The van der Waals surface area contributed by atoms with Gasteiger partial charge in [-0.2, -0.15) is 0 Å². The molecule has 0 fully saturated rings. The molecule has 0 atom stereocenters. The Balaban J connectivity index is 2.07. The fourth-order valence-electron chi connectivity index (χ4n) is 2.97. The summed E-state index contributed by atoms with van der Waals surface area (Å²) in [6, 6.07) is 23.7. The molecule has 1 nitrogen and oxygen atoms in total. The molecular weight excluding hydrogens is 322 g/mol. The van der Waals surface area contributed by atoms with Gasteiger partial charge in [-0.1, -0.05) is 64.5 Å². The molecule has 0 aromatic heterocycles. The van der Waals surface area contributed by atoms with Crippen molar-refractivity contribution >= 4 is 21.6 Å². The predicted molar refractivity (Wildman–Crippen MR) is 92.3 cm³/mol. The van der Waals surface area contributed by atoms with E-state index in [4.69, 9.17) is 0 Å². The number of anilines is 1. The van der Waals surface area contributed by atoms with Gasteiger partial charge in [-0.05, 0) is 40.5 Å². The fourth-order valence-corrected chi connectivity index (χ4v) is 3.34. The van der Waals surface area contributed by atoms with Crippen LogP contribution < -0.4 is 5.32 Å². The number of benzene rings is 3. The van der Waals surface area contributed by atoms with Gasteiger partial charge in [-0.15, -0.1) is 0 Å². The summed E-state index contributed by atoms with van der Waals surface area (Å²) in [6.45, 7) is 0.846. The Morgan fingerprint density at radius 2 is 1.38 bits per heavy atom. The highest BCUT2D eigenvalue weighted by atomic mass is 79.9. The van der Waals surface area contributed by atoms with Gasteiger partial charge in [0.15, 0.2) is 0 Å². The van der Waals surface area contributed by atoms with Crippen LogP contribution in [0.25, 0.3) is 22.3 Å². The highest BCUT2D eigenvalue weighted by Gasteiger charge is 2.16. The molecule has 0 spiro atoms. The van der Waals surface area contributed by atoms with Crippen LogP contribution in [-0.2, 0) is 6.54 Å². The zero-order chi connectivity index (χ0) is 14.2.